The molecule has 2 N–H and O–H groups in total. The molecule has 0 saturated carbocycles. The fourth-order valence-corrected chi connectivity index (χ4v) is 2.33. The molecule has 1 saturated heterocycles. The third-order valence-corrected chi connectivity index (χ3v) is 3.51. The summed E-state index contributed by atoms with van der Waals surface area (Å²) in [6.07, 6.45) is 5.55. The van der Waals surface area contributed by atoms with Crippen molar-refractivity contribution in [2.45, 2.75) is 38.5 Å². The molecule has 1 aromatic rings. The molecule has 2 rings (SSSR count). The van der Waals surface area contributed by atoms with Gasteiger partial charge in [-0.15, -0.1) is 0 Å². The van der Waals surface area contributed by atoms with Crippen LogP contribution < -0.4 is 5.73 Å². The molecule has 4 nitrogen and oxygen atoms in total. The topological polar surface area (TPSA) is 51.6 Å². The second kappa shape index (κ2) is 6.19. The van der Waals surface area contributed by atoms with Crippen LogP contribution in [0.25, 0.3) is 0 Å². The quantitative estimate of drug-likeness (QED) is 0.849. The van der Waals surface area contributed by atoms with Crippen LogP contribution in [0.1, 0.15) is 30.6 Å². The molecular weight excluding hydrogens is 216 g/mol. The Hall–Kier alpha value is -0.840. The van der Waals surface area contributed by atoms with Gasteiger partial charge in [0, 0.05) is 11.6 Å². The molecule has 0 amide bonds. The van der Waals surface area contributed by atoms with Gasteiger partial charge >= 0.3 is 0 Å². The number of furan rings is 1. The van der Waals surface area contributed by atoms with E-state index in [2.05, 4.69) is 11.9 Å². The molecule has 0 aliphatic carbocycles. The van der Waals surface area contributed by atoms with Crippen molar-refractivity contribution in [1.29, 1.82) is 0 Å². The monoisotopic (exact) mass is 238 g/mol. The fraction of sp³-hybridized carbons (Fsp3) is 0.692. The van der Waals surface area contributed by atoms with Crippen LogP contribution in [0, 0.1) is 0 Å². The zero-order valence-corrected chi connectivity index (χ0v) is 10.5. The van der Waals surface area contributed by atoms with Gasteiger partial charge in [0.1, 0.15) is 5.76 Å². The van der Waals surface area contributed by atoms with Gasteiger partial charge < -0.3 is 19.8 Å². The van der Waals surface area contributed by atoms with Gasteiger partial charge in [-0.1, -0.05) is 6.42 Å². The molecule has 4 heteroatoms. The Bertz CT molecular complexity index is 338. The van der Waals surface area contributed by atoms with Gasteiger partial charge in [0.05, 0.1) is 26.0 Å². The van der Waals surface area contributed by atoms with Crippen LogP contribution in [0.3, 0.4) is 0 Å². The van der Waals surface area contributed by atoms with E-state index in [0.29, 0.717) is 19.2 Å². The number of rotatable bonds is 5. The van der Waals surface area contributed by atoms with Crippen LogP contribution in [0.15, 0.2) is 16.7 Å². The van der Waals surface area contributed by atoms with Gasteiger partial charge in [-0.2, -0.15) is 0 Å². The largest absolute Gasteiger partial charge is 0.468 e. The summed E-state index contributed by atoms with van der Waals surface area (Å²) < 4.78 is 11.0. The number of ether oxygens (including phenoxy) is 1. The molecule has 1 aromatic heterocycles. The molecule has 2 heterocycles. The molecule has 0 radical (unpaired) electrons. The number of nitrogens with two attached hydrogens (primary N) is 1. The van der Waals surface area contributed by atoms with E-state index in [4.69, 9.17) is 14.9 Å². The maximum Gasteiger partial charge on any atom is 0.122 e. The van der Waals surface area contributed by atoms with Crippen LogP contribution in [0.4, 0.5) is 0 Å². The molecule has 0 spiro atoms. The molecule has 1 aliphatic heterocycles. The molecule has 0 aromatic carbocycles. The second-order valence-corrected chi connectivity index (χ2v) is 4.72. The van der Waals surface area contributed by atoms with Crippen molar-refractivity contribution in [1.82, 2.24) is 4.90 Å². The molecule has 1 fully saturated rings. The molecule has 96 valence electrons. The van der Waals surface area contributed by atoms with Crippen LogP contribution in [-0.2, 0) is 17.9 Å². The summed E-state index contributed by atoms with van der Waals surface area (Å²) in [7, 11) is 2.18. The minimum Gasteiger partial charge on any atom is -0.468 e. The summed E-state index contributed by atoms with van der Waals surface area (Å²) in [4.78, 5) is 2.39. The van der Waals surface area contributed by atoms with E-state index in [1.165, 1.54) is 25.8 Å². The Morgan fingerprint density at radius 3 is 3.18 bits per heavy atom. The van der Waals surface area contributed by atoms with E-state index >= 15 is 0 Å². The number of hydrogen-bond donors (Lipinski definition) is 1. The predicted molar refractivity (Wildman–Crippen MR) is 66.5 cm³/mol. The van der Waals surface area contributed by atoms with E-state index < -0.39 is 0 Å². The Morgan fingerprint density at radius 1 is 1.53 bits per heavy atom. The van der Waals surface area contributed by atoms with E-state index in [1.54, 1.807) is 6.26 Å². The van der Waals surface area contributed by atoms with Crippen LogP contribution in [0.2, 0.25) is 0 Å². The standard InChI is InChI=1S/C13H22N2O2/c1-15-6-3-2-4-12(15)10-16-9-11-5-7-17-13(11)8-14/h5,7,12H,2-4,6,8-10,14H2,1H3. The van der Waals surface area contributed by atoms with Crippen molar-refractivity contribution >= 4 is 0 Å². The fourth-order valence-electron chi connectivity index (χ4n) is 2.33. The highest BCUT2D eigenvalue weighted by molar-refractivity contribution is 5.15. The van der Waals surface area contributed by atoms with E-state index in [0.717, 1.165) is 17.9 Å². The highest BCUT2D eigenvalue weighted by Crippen LogP contribution is 2.16. The third-order valence-electron chi connectivity index (χ3n) is 3.51. The lowest BCUT2D eigenvalue weighted by Gasteiger charge is -2.32. The Morgan fingerprint density at radius 2 is 2.41 bits per heavy atom. The van der Waals surface area contributed by atoms with Crippen LogP contribution in [0.5, 0.6) is 0 Å². The molecular formula is C13H22N2O2. The first kappa shape index (κ1) is 12.6. The van der Waals surface area contributed by atoms with Crippen molar-refractivity contribution in [3.63, 3.8) is 0 Å². The van der Waals surface area contributed by atoms with Crippen molar-refractivity contribution in [3.05, 3.63) is 23.7 Å². The normalized spacial score (nSPS) is 21.9. The lowest BCUT2D eigenvalue weighted by atomic mass is 10.0. The summed E-state index contributed by atoms with van der Waals surface area (Å²) in [5, 5.41) is 0. The van der Waals surface area contributed by atoms with E-state index in [-0.39, 0.29) is 0 Å². The third kappa shape index (κ3) is 3.31. The zero-order chi connectivity index (χ0) is 12.1. The average Bonchev–Trinajstić information content (AvgIpc) is 2.79. The smallest absolute Gasteiger partial charge is 0.122 e. The number of nitrogens with zero attached hydrogens (tertiary/aromatic N) is 1. The first-order valence-electron chi connectivity index (χ1n) is 6.34. The SMILES string of the molecule is CN1CCCCC1COCc1ccoc1CN. The molecule has 1 aliphatic rings. The lowest BCUT2D eigenvalue weighted by Crippen LogP contribution is -2.39. The van der Waals surface area contributed by atoms with Gasteiger partial charge in [-0.05, 0) is 32.5 Å². The minimum absolute atomic E-state index is 0.440. The first-order chi connectivity index (χ1) is 8.31. The average molecular weight is 238 g/mol. The number of piperidine rings is 1. The summed E-state index contributed by atoms with van der Waals surface area (Å²) >= 11 is 0. The number of hydrogen-bond acceptors (Lipinski definition) is 4. The van der Waals surface area contributed by atoms with Crippen molar-refractivity contribution in [3.8, 4) is 0 Å². The van der Waals surface area contributed by atoms with Gasteiger partial charge in [0.25, 0.3) is 0 Å². The van der Waals surface area contributed by atoms with Crippen molar-refractivity contribution in [2.24, 2.45) is 5.73 Å². The number of likely N-dealkylation sites (N-methyl/N-ethyl adjacent to an activating group) is 1. The Labute approximate surface area is 103 Å². The maximum absolute atomic E-state index is 5.77. The van der Waals surface area contributed by atoms with Gasteiger partial charge in [-0.3, -0.25) is 0 Å². The summed E-state index contributed by atoms with van der Waals surface area (Å²) in [6.45, 7) is 3.03. The first-order valence-corrected chi connectivity index (χ1v) is 6.34. The predicted octanol–water partition coefficient (Wildman–Crippen LogP) is 1.74. The van der Waals surface area contributed by atoms with Crippen LogP contribution >= 0.6 is 0 Å². The molecule has 17 heavy (non-hydrogen) atoms. The minimum atomic E-state index is 0.440. The summed E-state index contributed by atoms with van der Waals surface area (Å²) in [5.41, 5.74) is 6.65. The second-order valence-electron chi connectivity index (χ2n) is 4.72. The lowest BCUT2D eigenvalue weighted by molar-refractivity contribution is 0.0439. The van der Waals surface area contributed by atoms with Gasteiger partial charge in [-0.25, -0.2) is 0 Å². The molecule has 0 bridgehead atoms. The zero-order valence-electron chi connectivity index (χ0n) is 10.5. The van der Waals surface area contributed by atoms with Gasteiger partial charge in [0.15, 0.2) is 0 Å². The maximum atomic E-state index is 5.77. The summed E-state index contributed by atoms with van der Waals surface area (Å²) in [5.74, 6) is 0.835. The van der Waals surface area contributed by atoms with Gasteiger partial charge in [0.2, 0.25) is 0 Å². The highest BCUT2D eigenvalue weighted by atomic mass is 16.5. The molecule has 1 unspecified atom stereocenters. The summed E-state index contributed by atoms with van der Waals surface area (Å²) in [6, 6.07) is 2.50. The Kier molecular flexibility index (Phi) is 4.59. The highest BCUT2D eigenvalue weighted by Gasteiger charge is 2.18. The van der Waals surface area contributed by atoms with Crippen molar-refractivity contribution in [2.75, 3.05) is 20.2 Å². The van der Waals surface area contributed by atoms with Crippen molar-refractivity contribution < 1.29 is 9.15 Å². The van der Waals surface area contributed by atoms with E-state index in [9.17, 15) is 0 Å². The van der Waals surface area contributed by atoms with E-state index in [1.807, 2.05) is 6.07 Å². The molecule has 1 atom stereocenters. The Balaban J connectivity index is 1.75. The number of likely N-dealkylation sites (tertiary alicyclic amines) is 1. The van der Waals surface area contributed by atoms with Crippen LogP contribution in [-0.4, -0.2) is 31.1 Å².